The number of hydrogen-bond acceptors (Lipinski definition) is 2. The van der Waals surface area contributed by atoms with Crippen molar-refractivity contribution >= 4 is 41.2 Å². The van der Waals surface area contributed by atoms with E-state index >= 15 is 0 Å². The molecule has 0 aromatic heterocycles. The molecule has 1 atom stereocenters. The highest BCUT2D eigenvalue weighted by Gasteiger charge is 2.17. The van der Waals surface area contributed by atoms with E-state index < -0.39 is 17.9 Å². The van der Waals surface area contributed by atoms with Crippen molar-refractivity contribution in [2.45, 2.75) is 32.2 Å². The summed E-state index contributed by atoms with van der Waals surface area (Å²) in [6.07, 6.45) is 4.70. The molecule has 0 fully saturated rings. The summed E-state index contributed by atoms with van der Waals surface area (Å²) in [7, 11) is 0. The van der Waals surface area contributed by atoms with Crippen LogP contribution >= 0.6 is 23.2 Å². The van der Waals surface area contributed by atoms with Crippen LogP contribution in [-0.2, 0) is 9.59 Å². The second-order valence-electron chi connectivity index (χ2n) is 4.51. The third-order valence-corrected chi connectivity index (χ3v) is 3.52. The largest absolute Gasteiger partial charge is 0.480 e. The first-order chi connectivity index (χ1) is 9.95. The number of hydrogen-bond donors (Lipinski definition) is 2. The molecule has 1 aromatic rings. The molecule has 0 spiro atoms. The summed E-state index contributed by atoms with van der Waals surface area (Å²) in [6, 6.07) is 4.13. The average molecular weight is 330 g/mol. The van der Waals surface area contributed by atoms with E-state index in [2.05, 4.69) is 5.32 Å². The van der Waals surface area contributed by atoms with Crippen LogP contribution in [0.15, 0.2) is 24.3 Å². The molecule has 1 aromatic carbocycles. The smallest absolute Gasteiger partial charge is 0.326 e. The molecule has 6 heteroatoms. The number of rotatable bonds is 7. The van der Waals surface area contributed by atoms with Crippen LogP contribution in [0.2, 0.25) is 10.0 Å². The third kappa shape index (κ3) is 5.78. The summed E-state index contributed by atoms with van der Waals surface area (Å²) >= 11 is 12.0. The van der Waals surface area contributed by atoms with E-state index in [0.29, 0.717) is 22.0 Å². The molecule has 0 saturated heterocycles. The lowest BCUT2D eigenvalue weighted by Gasteiger charge is -2.12. The van der Waals surface area contributed by atoms with Crippen LogP contribution in [-0.4, -0.2) is 23.0 Å². The van der Waals surface area contributed by atoms with Crippen LogP contribution in [0.4, 0.5) is 0 Å². The topological polar surface area (TPSA) is 66.4 Å². The number of carbonyl (C=O) groups is 2. The van der Waals surface area contributed by atoms with Gasteiger partial charge in [0.05, 0.1) is 0 Å². The fourth-order valence-corrected chi connectivity index (χ4v) is 2.24. The molecule has 21 heavy (non-hydrogen) atoms. The first-order valence-electron chi connectivity index (χ1n) is 6.61. The quantitative estimate of drug-likeness (QED) is 0.748. The van der Waals surface area contributed by atoms with E-state index in [1.54, 1.807) is 18.2 Å². The predicted octanol–water partition coefficient (Wildman–Crippen LogP) is 3.77. The molecule has 1 amide bonds. The highest BCUT2D eigenvalue weighted by atomic mass is 35.5. The summed E-state index contributed by atoms with van der Waals surface area (Å²) in [5.74, 6) is -1.53. The molecule has 0 heterocycles. The van der Waals surface area contributed by atoms with Crippen LogP contribution in [0.25, 0.3) is 6.08 Å². The Labute approximate surface area is 133 Å². The summed E-state index contributed by atoms with van der Waals surface area (Å²) in [5.41, 5.74) is 0.524. The second-order valence-corrected chi connectivity index (χ2v) is 5.32. The summed E-state index contributed by atoms with van der Waals surface area (Å²) in [6.45, 7) is 1.96. The Morgan fingerprint density at radius 3 is 2.48 bits per heavy atom. The van der Waals surface area contributed by atoms with Gasteiger partial charge in [-0.2, -0.15) is 0 Å². The molecule has 1 rings (SSSR count). The van der Waals surface area contributed by atoms with Gasteiger partial charge in [-0.15, -0.1) is 0 Å². The number of aliphatic carboxylic acids is 1. The highest BCUT2D eigenvalue weighted by Crippen LogP contribution is 2.25. The van der Waals surface area contributed by atoms with E-state index in [9.17, 15) is 9.59 Å². The van der Waals surface area contributed by atoms with Gasteiger partial charge in [0.2, 0.25) is 5.91 Å². The molecule has 0 aliphatic heterocycles. The van der Waals surface area contributed by atoms with Gasteiger partial charge >= 0.3 is 5.97 Å². The van der Waals surface area contributed by atoms with Crippen molar-refractivity contribution in [3.8, 4) is 0 Å². The zero-order valence-corrected chi connectivity index (χ0v) is 13.1. The second kappa shape index (κ2) is 8.70. The molecule has 0 aliphatic carbocycles. The molecule has 0 saturated carbocycles. The zero-order valence-electron chi connectivity index (χ0n) is 11.6. The van der Waals surface area contributed by atoms with Gasteiger partial charge in [0.1, 0.15) is 6.04 Å². The maximum absolute atomic E-state index is 11.8. The predicted molar refractivity (Wildman–Crippen MR) is 84.6 cm³/mol. The van der Waals surface area contributed by atoms with Gasteiger partial charge in [-0.3, -0.25) is 4.79 Å². The zero-order chi connectivity index (χ0) is 15.8. The van der Waals surface area contributed by atoms with Crippen molar-refractivity contribution in [2.24, 2.45) is 0 Å². The standard InChI is InChI=1S/C15H17Cl2NO3/c1-2-3-7-13(15(20)21)18-14(19)9-8-10-11(16)5-4-6-12(10)17/h4-6,8-9,13H,2-3,7H2,1H3,(H,18,19)(H,20,21)/b9-8+/t13-/m0/s1. The molecular formula is C15H17Cl2NO3. The van der Waals surface area contributed by atoms with Crippen LogP contribution in [0, 0.1) is 0 Å². The molecule has 2 N–H and O–H groups in total. The Morgan fingerprint density at radius 1 is 1.33 bits per heavy atom. The van der Waals surface area contributed by atoms with E-state index in [1.165, 1.54) is 12.2 Å². The number of benzene rings is 1. The van der Waals surface area contributed by atoms with Gasteiger partial charge in [-0.1, -0.05) is 49.0 Å². The molecule has 0 radical (unpaired) electrons. The minimum absolute atomic E-state index is 0.401. The van der Waals surface area contributed by atoms with Gasteiger partial charge < -0.3 is 10.4 Å². The lowest BCUT2D eigenvalue weighted by Crippen LogP contribution is -2.39. The summed E-state index contributed by atoms with van der Waals surface area (Å²) < 4.78 is 0. The monoisotopic (exact) mass is 329 g/mol. The van der Waals surface area contributed by atoms with Crippen molar-refractivity contribution in [1.29, 1.82) is 0 Å². The lowest BCUT2D eigenvalue weighted by molar-refractivity contribution is -0.141. The SMILES string of the molecule is CCCC[C@H](NC(=O)/C=C/c1c(Cl)cccc1Cl)C(=O)O. The van der Waals surface area contributed by atoms with Gasteiger partial charge in [0, 0.05) is 21.7 Å². The Kier molecular flexibility index (Phi) is 7.26. The van der Waals surface area contributed by atoms with Crippen LogP contribution in [0.1, 0.15) is 31.7 Å². The number of nitrogens with one attached hydrogen (secondary N) is 1. The van der Waals surface area contributed by atoms with Gasteiger partial charge in [0.25, 0.3) is 0 Å². The normalized spacial score (nSPS) is 12.3. The van der Waals surface area contributed by atoms with Crippen molar-refractivity contribution in [2.75, 3.05) is 0 Å². The highest BCUT2D eigenvalue weighted by molar-refractivity contribution is 6.37. The number of halogens is 2. The van der Waals surface area contributed by atoms with Crippen molar-refractivity contribution in [3.63, 3.8) is 0 Å². The fourth-order valence-electron chi connectivity index (χ4n) is 1.71. The number of carboxylic acid groups (broad SMARTS) is 1. The van der Waals surface area contributed by atoms with E-state index in [1.807, 2.05) is 6.92 Å². The molecule has 114 valence electrons. The fraction of sp³-hybridized carbons (Fsp3) is 0.333. The Bertz CT molecular complexity index is 523. The average Bonchev–Trinajstić information content (AvgIpc) is 2.42. The van der Waals surface area contributed by atoms with Crippen LogP contribution < -0.4 is 5.32 Å². The molecular weight excluding hydrogens is 313 g/mol. The number of carboxylic acids is 1. The maximum Gasteiger partial charge on any atom is 0.326 e. The Balaban J connectivity index is 2.71. The molecule has 4 nitrogen and oxygen atoms in total. The third-order valence-electron chi connectivity index (χ3n) is 2.86. The first kappa shape index (κ1) is 17.5. The Hall–Kier alpha value is -1.52. The molecule has 0 bridgehead atoms. The number of amides is 1. The van der Waals surface area contributed by atoms with Crippen molar-refractivity contribution < 1.29 is 14.7 Å². The van der Waals surface area contributed by atoms with E-state index in [-0.39, 0.29) is 0 Å². The van der Waals surface area contributed by atoms with Crippen LogP contribution in [0.3, 0.4) is 0 Å². The van der Waals surface area contributed by atoms with Gasteiger partial charge in [-0.25, -0.2) is 4.79 Å². The lowest BCUT2D eigenvalue weighted by atomic mass is 10.1. The molecule has 0 unspecified atom stereocenters. The Morgan fingerprint density at radius 2 is 1.95 bits per heavy atom. The number of unbranched alkanes of at least 4 members (excludes halogenated alkanes) is 1. The maximum atomic E-state index is 11.8. The van der Waals surface area contributed by atoms with E-state index in [0.717, 1.165) is 12.8 Å². The van der Waals surface area contributed by atoms with Crippen LogP contribution in [0.5, 0.6) is 0 Å². The van der Waals surface area contributed by atoms with Gasteiger partial charge in [-0.05, 0) is 24.6 Å². The number of carbonyl (C=O) groups excluding carboxylic acids is 1. The van der Waals surface area contributed by atoms with Crippen molar-refractivity contribution in [1.82, 2.24) is 5.32 Å². The molecule has 0 aliphatic rings. The van der Waals surface area contributed by atoms with E-state index in [4.69, 9.17) is 28.3 Å². The summed E-state index contributed by atoms with van der Waals surface area (Å²) in [4.78, 5) is 22.8. The minimum Gasteiger partial charge on any atom is -0.480 e. The van der Waals surface area contributed by atoms with Crippen molar-refractivity contribution in [3.05, 3.63) is 39.9 Å². The van der Waals surface area contributed by atoms with Gasteiger partial charge in [0.15, 0.2) is 0 Å². The summed E-state index contributed by atoms with van der Waals surface area (Å²) in [5, 5.41) is 12.3. The first-order valence-corrected chi connectivity index (χ1v) is 7.36. The minimum atomic E-state index is -1.04.